The lowest BCUT2D eigenvalue weighted by atomic mass is 10.4. The Kier molecular flexibility index (Phi) is 3.63. The van der Waals surface area contributed by atoms with Crippen molar-refractivity contribution in [2.24, 2.45) is 0 Å². The first-order valence-electron chi connectivity index (χ1n) is 4.80. The summed E-state index contributed by atoms with van der Waals surface area (Å²) >= 11 is 11.5. The predicted octanol–water partition coefficient (Wildman–Crippen LogP) is 2.27. The van der Waals surface area contributed by atoms with Gasteiger partial charge >= 0.3 is 5.82 Å². The normalized spacial score (nSPS) is 10.2. The van der Waals surface area contributed by atoms with Crippen molar-refractivity contribution < 1.29 is 9.72 Å². The van der Waals surface area contributed by atoms with Crippen molar-refractivity contribution in [2.45, 2.75) is 0 Å². The molecule has 0 unspecified atom stereocenters. The standard InChI is InChI=1S/C9H5Cl2N5O3/c10-7-6(8(11)13-3-12-7)15-9(17)4-1-2-5(14-4)16(18)19/h1-3,14H,(H,15,17). The van der Waals surface area contributed by atoms with Crippen LogP contribution in [-0.4, -0.2) is 25.8 Å². The number of aromatic nitrogens is 3. The number of amides is 1. The molecule has 2 heterocycles. The average Bonchev–Trinajstić information content (AvgIpc) is 2.83. The van der Waals surface area contributed by atoms with Crippen molar-refractivity contribution in [3.63, 3.8) is 0 Å². The van der Waals surface area contributed by atoms with Crippen molar-refractivity contribution in [1.29, 1.82) is 0 Å². The zero-order valence-corrected chi connectivity index (χ0v) is 10.6. The number of halogens is 2. The molecule has 0 atom stereocenters. The van der Waals surface area contributed by atoms with Gasteiger partial charge in [-0.05, 0) is 11.0 Å². The lowest BCUT2D eigenvalue weighted by Gasteiger charge is -2.05. The zero-order chi connectivity index (χ0) is 14.0. The van der Waals surface area contributed by atoms with Crippen LogP contribution < -0.4 is 5.32 Å². The first kappa shape index (κ1) is 13.2. The van der Waals surface area contributed by atoms with Crippen molar-refractivity contribution in [1.82, 2.24) is 15.0 Å². The molecule has 0 saturated heterocycles. The monoisotopic (exact) mass is 301 g/mol. The number of nitrogens with zero attached hydrogens (tertiary/aromatic N) is 3. The number of nitrogens with one attached hydrogen (secondary N) is 2. The van der Waals surface area contributed by atoms with Crippen LogP contribution in [0.4, 0.5) is 11.5 Å². The van der Waals surface area contributed by atoms with Crippen LogP contribution in [0.1, 0.15) is 10.5 Å². The molecule has 0 aliphatic rings. The Morgan fingerprint density at radius 3 is 2.47 bits per heavy atom. The second-order valence-corrected chi connectivity index (χ2v) is 4.01. The van der Waals surface area contributed by atoms with Crippen molar-refractivity contribution >= 4 is 40.6 Å². The summed E-state index contributed by atoms with van der Waals surface area (Å²) in [5.74, 6) is -0.946. The van der Waals surface area contributed by atoms with Gasteiger partial charge in [0.25, 0.3) is 5.91 Å². The number of aromatic amines is 1. The van der Waals surface area contributed by atoms with Crippen molar-refractivity contribution in [3.05, 3.63) is 44.6 Å². The molecule has 19 heavy (non-hydrogen) atoms. The quantitative estimate of drug-likeness (QED) is 0.513. The first-order chi connectivity index (χ1) is 8.99. The number of nitro groups is 1. The molecular weight excluding hydrogens is 297 g/mol. The molecule has 0 aliphatic heterocycles. The number of hydrogen-bond donors (Lipinski definition) is 2. The van der Waals surface area contributed by atoms with Crippen LogP contribution >= 0.6 is 23.2 Å². The summed E-state index contributed by atoms with van der Waals surface area (Å²) in [5.41, 5.74) is 0.0239. The van der Waals surface area contributed by atoms with E-state index in [4.69, 9.17) is 23.2 Å². The van der Waals surface area contributed by atoms with E-state index in [9.17, 15) is 14.9 Å². The molecule has 0 bridgehead atoms. The highest BCUT2D eigenvalue weighted by molar-refractivity contribution is 6.38. The molecule has 10 heteroatoms. The second-order valence-electron chi connectivity index (χ2n) is 3.30. The maximum Gasteiger partial charge on any atom is 0.321 e. The Morgan fingerprint density at radius 1 is 1.32 bits per heavy atom. The molecule has 0 fully saturated rings. The van der Waals surface area contributed by atoms with Crippen LogP contribution in [0.25, 0.3) is 0 Å². The van der Waals surface area contributed by atoms with Gasteiger partial charge < -0.3 is 15.4 Å². The number of H-pyrrole nitrogens is 1. The third-order valence-corrected chi connectivity index (χ3v) is 2.68. The molecule has 2 N–H and O–H groups in total. The minimum Gasteiger partial charge on any atom is -0.358 e. The van der Waals surface area contributed by atoms with Crippen LogP contribution in [0, 0.1) is 10.1 Å². The summed E-state index contributed by atoms with van der Waals surface area (Å²) in [7, 11) is 0. The molecule has 2 rings (SSSR count). The van der Waals surface area contributed by atoms with Gasteiger partial charge in [-0.2, -0.15) is 0 Å². The van der Waals surface area contributed by atoms with Crippen LogP contribution in [0.2, 0.25) is 10.3 Å². The SMILES string of the molecule is O=C(Nc1c(Cl)ncnc1Cl)c1ccc([N+](=O)[O-])[nH]1. The highest BCUT2D eigenvalue weighted by atomic mass is 35.5. The molecule has 0 radical (unpaired) electrons. The van der Waals surface area contributed by atoms with Crippen LogP contribution in [-0.2, 0) is 0 Å². The molecule has 0 aliphatic carbocycles. The Hall–Kier alpha value is -2.19. The third-order valence-electron chi connectivity index (χ3n) is 2.11. The largest absolute Gasteiger partial charge is 0.358 e. The van der Waals surface area contributed by atoms with Crippen LogP contribution in [0.5, 0.6) is 0 Å². The highest BCUT2D eigenvalue weighted by Gasteiger charge is 2.18. The summed E-state index contributed by atoms with van der Waals surface area (Å²) in [6.07, 6.45) is 1.14. The van der Waals surface area contributed by atoms with E-state index in [1.807, 2.05) is 0 Å². The fourth-order valence-electron chi connectivity index (χ4n) is 1.25. The lowest BCUT2D eigenvalue weighted by Crippen LogP contribution is -2.13. The molecule has 8 nitrogen and oxygen atoms in total. The summed E-state index contributed by atoms with van der Waals surface area (Å²) < 4.78 is 0. The van der Waals surface area contributed by atoms with E-state index in [1.165, 1.54) is 12.1 Å². The predicted molar refractivity (Wildman–Crippen MR) is 67.5 cm³/mol. The summed E-state index contributed by atoms with van der Waals surface area (Å²) in [6, 6.07) is 2.43. The van der Waals surface area contributed by atoms with Crippen LogP contribution in [0.15, 0.2) is 18.5 Å². The average molecular weight is 302 g/mol. The van der Waals surface area contributed by atoms with Gasteiger partial charge in [-0.25, -0.2) is 15.0 Å². The smallest absolute Gasteiger partial charge is 0.321 e. The molecule has 1 amide bonds. The Labute approximate surface area is 115 Å². The minimum atomic E-state index is -0.650. The van der Waals surface area contributed by atoms with E-state index in [1.54, 1.807) is 0 Å². The maximum absolute atomic E-state index is 11.8. The minimum absolute atomic E-state index is 0.0114. The van der Waals surface area contributed by atoms with Gasteiger partial charge in [0.05, 0.1) is 0 Å². The molecule has 0 saturated carbocycles. The summed E-state index contributed by atoms with van der Waals surface area (Å²) in [5, 5.41) is 12.8. The molecule has 2 aromatic rings. The van der Waals surface area contributed by atoms with Gasteiger partial charge in [-0.15, -0.1) is 0 Å². The maximum atomic E-state index is 11.8. The zero-order valence-electron chi connectivity index (χ0n) is 9.05. The van der Waals surface area contributed by atoms with Gasteiger partial charge in [-0.1, -0.05) is 23.2 Å². The van der Waals surface area contributed by atoms with E-state index in [-0.39, 0.29) is 27.5 Å². The summed E-state index contributed by atoms with van der Waals surface area (Å²) in [6.45, 7) is 0. The fourth-order valence-corrected chi connectivity index (χ4v) is 1.66. The number of carbonyl (C=O) groups excluding carboxylic acids is 1. The van der Waals surface area contributed by atoms with Gasteiger partial charge in [0, 0.05) is 6.07 Å². The van der Waals surface area contributed by atoms with E-state index in [2.05, 4.69) is 20.3 Å². The van der Waals surface area contributed by atoms with Crippen molar-refractivity contribution in [2.75, 3.05) is 5.32 Å². The topological polar surface area (TPSA) is 114 Å². The molecule has 98 valence electrons. The Morgan fingerprint density at radius 2 is 1.95 bits per heavy atom. The van der Waals surface area contributed by atoms with Crippen LogP contribution in [0.3, 0.4) is 0 Å². The number of hydrogen-bond acceptors (Lipinski definition) is 5. The van der Waals surface area contributed by atoms with E-state index >= 15 is 0 Å². The Balaban J connectivity index is 2.23. The summed E-state index contributed by atoms with van der Waals surface area (Å²) in [4.78, 5) is 31.3. The molecule has 0 spiro atoms. The van der Waals surface area contributed by atoms with E-state index < -0.39 is 10.8 Å². The van der Waals surface area contributed by atoms with E-state index in [0.717, 1.165) is 6.33 Å². The third kappa shape index (κ3) is 2.80. The van der Waals surface area contributed by atoms with E-state index in [0.29, 0.717) is 0 Å². The fraction of sp³-hybridized carbons (Fsp3) is 0. The lowest BCUT2D eigenvalue weighted by molar-refractivity contribution is -0.389. The number of rotatable bonds is 3. The second kappa shape index (κ2) is 5.21. The highest BCUT2D eigenvalue weighted by Crippen LogP contribution is 2.26. The number of anilines is 1. The van der Waals surface area contributed by atoms with Gasteiger partial charge in [-0.3, -0.25) is 4.79 Å². The molecule has 0 aromatic carbocycles. The van der Waals surface area contributed by atoms with Crippen molar-refractivity contribution in [3.8, 4) is 0 Å². The first-order valence-corrected chi connectivity index (χ1v) is 5.55. The molecular formula is C9H5Cl2N5O3. The number of carbonyl (C=O) groups is 1. The van der Waals surface area contributed by atoms with Gasteiger partial charge in [0.2, 0.25) is 0 Å². The van der Waals surface area contributed by atoms with Gasteiger partial charge in [0.15, 0.2) is 16.0 Å². The van der Waals surface area contributed by atoms with Gasteiger partial charge in [0.1, 0.15) is 12.0 Å². The molecule has 2 aromatic heterocycles. The Bertz CT molecular complexity index is 637.